The Kier molecular flexibility index (Phi) is 5.78. The Labute approximate surface area is 112 Å². The molecule has 3 N–H and O–H groups in total. The van der Waals surface area contributed by atoms with Crippen LogP contribution in [0.5, 0.6) is 0 Å². The van der Waals surface area contributed by atoms with Crippen LogP contribution in [0.15, 0.2) is 18.5 Å². The minimum atomic E-state index is -0.810. The van der Waals surface area contributed by atoms with Gasteiger partial charge in [-0.05, 0) is 31.4 Å². The molecule has 1 atom stereocenters. The molecule has 0 fully saturated rings. The summed E-state index contributed by atoms with van der Waals surface area (Å²) in [7, 11) is 0. The van der Waals surface area contributed by atoms with Crippen molar-refractivity contribution in [1.82, 2.24) is 10.3 Å². The number of hydrogen-bond acceptors (Lipinski definition) is 3. The molecule has 0 aliphatic heterocycles. The average molecular weight is 265 g/mol. The fourth-order valence-electron chi connectivity index (χ4n) is 1.53. The molecule has 104 valence electrons. The van der Waals surface area contributed by atoms with Gasteiger partial charge >= 0.3 is 12.0 Å². The van der Waals surface area contributed by atoms with E-state index in [1.165, 1.54) is 0 Å². The van der Waals surface area contributed by atoms with Gasteiger partial charge in [-0.1, -0.05) is 6.92 Å². The molecule has 1 heterocycles. The number of carbonyl (C=O) groups excluding carboxylic acids is 1. The van der Waals surface area contributed by atoms with Gasteiger partial charge in [-0.3, -0.25) is 9.78 Å². The highest BCUT2D eigenvalue weighted by molar-refractivity contribution is 5.89. The monoisotopic (exact) mass is 265 g/mol. The minimum Gasteiger partial charge on any atom is -0.481 e. The van der Waals surface area contributed by atoms with E-state index in [9.17, 15) is 9.59 Å². The van der Waals surface area contributed by atoms with Crippen molar-refractivity contribution in [2.75, 3.05) is 11.9 Å². The predicted octanol–water partition coefficient (Wildman–Crippen LogP) is 2.01. The van der Waals surface area contributed by atoms with E-state index in [0.29, 0.717) is 25.1 Å². The molecule has 1 aromatic heterocycles. The summed E-state index contributed by atoms with van der Waals surface area (Å²) in [5, 5.41) is 14.0. The van der Waals surface area contributed by atoms with Crippen LogP contribution in [0.1, 0.15) is 25.3 Å². The fourth-order valence-corrected chi connectivity index (χ4v) is 1.53. The number of amides is 2. The average Bonchev–Trinajstić information content (AvgIpc) is 2.34. The van der Waals surface area contributed by atoms with E-state index < -0.39 is 5.97 Å². The first-order valence-corrected chi connectivity index (χ1v) is 6.18. The van der Waals surface area contributed by atoms with Gasteiger partial charge in [0, 0.05) is 12.7 Å². The van der Waals surface area contributed by atoms with Gasteiger partial charge in [-0.25, -0.2) is 4.79 Å². The summed E-state index contributed by atoms with van der Waals surface area (Å²) in [4.78, 5) is 26.1. The second kappa shape index (κ2) is 7.35. The van der Waals surface area contributed by atoms with Gasteiger partial charge in [-0.15, -0.1) is 0 Å². The van der Waals surface area contributed by atoms with E-state index in [2.05, 4.69) is 15.6 Å². The third-order valence-electron chi connectivity index (χ3n) is 2.65. The van der Waals surface area contributed by atoms with Crippen molar-refractivity contribution >= 4 is 17.7 Å². The first-order chi connectivity index (χ1) is 8.99. The summed E-state index contributed by atoms with van der Waals surface area (Å²) in [6, 6.07) is 1.51. The normalized spacial score (nSPS) is 11.7. The highest BCUT2D eigenvalue weighted by Gasteiger charge is 2.10. The second-order valence-electron chi connectivity index (χ2n) is 4.51. The molecule has 0 aliphatic carbocycles. The van der Waals surface area contributed by atoms with Crippen molar-refractivity contribution < 1.29 is 14.7 Å². The largest absolute Gasteiger partial charge is 0.481 e. The summed E-state index contributed by atoms with van der Waals surface area (Å²) in [5.74, 6) is -1.19. The summed E-state index contributed by atoms with van der Waals surface area (Å²) in [6.45, 7) is 3.99. The number of nitrogens with zero attached hydrogens (tertiary/aromatic N) is 1. The van der Waals surface area contributed by atoms with Crippen LogP contribution in [0.4, 0.5) is 10.5 Å². The summed E-state index contributed by atoms with van der Waals surface area (Å²) in [6.07, 6.45) is 4.45. The Bertz CT molecular complexity index is 449. The molecule has 0 aliphatic rings. The van der Waals surface area contributed by atoms with E-state index in [0.717, 1.165) is 5.56 Å². The molecule has 1 aromatic rings. The first-order valence-electron chi connectivity index (χ1n) is 6.18. The van der Waals surface area contributed by atoms with Crippen molar-refractivity contribution in [2.24, 2.45) is 5.92 Å². The molecule has 0 saturated carbocycles. The van der Waals surface area contributed by atoms with E-state index in [1.54, 1.807) is 19.3 Å². The number of nitrogens with one attached hydrogen (secondary N) is 2. The molecule has 6 heteroatoms. The molecule has 0 aromatic carbocycles. The van der Waals surface area contributed by atoms with Crippen LogP contribution < -0.4 is 10.6 Å². The molecule has 1 rings (SSSR count). The number of carboxylic acids is 1. The predicted molar refractivity (Wildman–Crippen MR) is 72.0 cm³/mol. The van der Waals surface area contributed by atoms with Gasteiger partial charge in [0.05, 0.1) is 17.8 Å². The van der Waals surface area contributed by atoms with Crippen LogP contribution >= 0.6 is 0 Å². The molecule has 19 heavy (non-hydrogen) atoms. The number of carboxylic acid groups (broad SMARTS) is 1. The molecular weight excluding hydrogens is 246 g/mol. The van der Waals surface area contributed by atoms with Gasteiger partial charge in [0.15, 0.2) is 0 Å². The molecule has 0 spiro atoms. The Hall–Kier alpha value is -2.11. The molecule has 0 bridgehead atoms. The van der Waals surface area contributed by atoms with Crippen LogP contribution in [-0.4, -0.2) is 28.6 Å². The third kappa shape index (κ3) is 5.85. The Morgan fingerprint density at radius 3 is 2.79 bits per heavy atom. The molecule has 2 amide bonds. The van der Waals surface area contributed by atoms with Gasteiger partial charge in [0.25, 0.3) is 0 Å². The Morgan fingerprint density at radius 2 is 2.16 bits per heavy atom. The maximum absolute atomic E-state index is 11.5. The lowest BCUT2D eigenvalue weighted by Gasteiger charge is -2.09. The smallest absolute Gasteiger partial charge is 0.319 e. The minimum absolute atomic E-state index is 0.310. The lowest BCUT2D eigenvalue weighted by Crippen LogP contribution is -2.30. The number of anilines is 1. The summed E-state index contributed by atoms with van der Waals surface area (Å²) in [5.41, 5.74) is 1.60. The van der Waals surface area contributed by atoms with Gasteiger partial charge in [0.2, 0.25) is 0 Å². The summed E-state index contributed by atoms with van der Waals surface area (Å²) < 4.78 is 0. The van der Waals surface area contributed by atoms with Crippen molar-refractivity contribution in [3.8, 4) is 0 Å². The number of rotatable bonds is 6. The van der Waals surface area contributed by atoms with Gasteiger partial charge < -0.3 is 15.7 Å². The zero-order chi connectivity index (χ0) is 14.3. The van der Waals surface area contributed by atoms with E-state index in [-0.39, 0.29) is 11.9 Å². The van der Waals surface area contributed by atoms with Crippen LogP contribution in [0, 0.1) is 12.8 Å². The Morgan fingerprint density at radius 1 is 1.42 bits per heavy atom. The van der Waals surface area contributed by atoms with Crippen LogP contribution in [0.2, 0.25) is 0 Å². The number of urea groups is 1. The van der Waals surface area contributed by atoms with E-state index in [1.807, 2.05) is 13.0 Å². The van der Waals surface area contributed by atoms with Crippen molar-refractivity contribution in [3.05, 3.63) is 24.0 Å². The number of hydrogen-bond donors (Lipinski definition) is 3. The standard InChI is InChI=1S/C13H19N3O3/c1-9-6-11(8-14-7-9)16-13(19)15-5-3-4-10(2)12(17)18/h6-8,10H,3-5H2,1-2H3,(H,17,18)(H2,15,16,19). The maximum Gasteiger partial charge on any atom is 0.319 e. The molecule has 1 unspecified atom stereocenters. The number of aliphatic carboxylic acids is 1. The van der Waals surface area contributed by atoms with Crippen LogP contribution in [0.25, 0.3) is 0 Å². The number of aromatic nitrogens is 1. The number of aryl methyl sites for hydroxylation is 1. The zero-order valence-electron chi connectivity index (χ0n) is 11.1. The Balaban J connectivity index is 2.23. The topological polar surface area (TPSA) is 91.3 Å². The summed E-state index contributed by atoms with van der Waals surface area (Å²) >= 11 is 0. The van der Waals surface area contributed by atoms with Crippen molar-refractivity contribution in [3.63, 3.8) is 0 Å². The first kappa shape index (κ1) is 14.9. The second-order valence-corrected chi connectivity index (χ2v) is 4.51. The van der Waals surface area contributed by atoms with Crippen molar-refractivity contribution in [1.29, 1.82) is 0 Å². The van der Waals surface area contributed by atoms with Crippen LogP contribution in [-0.2, 0) is 4.79 Å². The molecule has 0 saturated heterocycles. The van der Waals surface area contributed by atoms with Gasteiger partial charge in [-0.2, -0.15) is 0 Å². The highest BCUT2D eigenvalue weighted by atomic mass is 16.4. The fraction of sp³-hybridized carbons (Fsp3) is 0.462. The highest BCUT2D eigenvalue weighted by Crippen LogP contribution is 2.07. The third-order valence-corrected chi connectivity index (χ3v) is 2.65. The number of pyridine rings is 1. The van der Waals surface area contributed by atoms with Crippen LogP contribution in [0.3, 0.4) is 0 Å². The lowest BCUT2D eigenvalue weighted by molar-refractivity contribution is -0.141. The number of carbonyl (C=O) groups is 2. The van der Waals surface area contributed by atoms with E-state index >= 15 is 0 Å². The zero-order valence-corrected chi connectivity index (χ0v) is 11.1. The quantitative estimate of drug-likeness (QED) is 0.686. The van der Waals surface area contributed by atoms with E-state index in [4.69, 9.17) is 5.11 Å². The molecular formula is C13H19N3O3. The molecule has 0 radical (unpaired) electrons. The van der Waals surface area contributed by atoms with Crippen molar-refractivity contribution in [2.45, 2.75) is 26.7 Å². The SMILES string of the molecule is Cc1cncc(NC(=O)NCCCC(C)C(=O)O)c1. The maximum atomic E-state index is 11.5. The lowest BCUT2D eigenvalue weighted by atomic mass is 10.1. The molecule has 6 nitrogen and oxygen atoms in total. The van der Waals surface area contributed by atoms with Gasteiger partial charge in [0.1, 0.15) is 0 Å².